The van der Waals surface area contributed by atoms with E-state index in [0.717, 1.165) is 54.0 Å². The molecule has 0 aliphatic rings. The standard InChI is InChI=1S/C29H39ClO5S/c1-4-33-28(31)15-11-16-35-27-14-10-13-23(26(27)21-29(32)34-5-2)12-8-6-7-9-17-36-25-19-22(3)18-24(30)20-25/h10,13-14,18-20H,4-9,11-12,15-17,21H2,1-3H3. The molecule has 198 valence electrons. The molecule has 2 aromatic rings. The third-order valence-electron chi connectivity index (χ3n) is 5.57. The summed E-state index contributed by atoms with van der Waals surface area (Å²) in [4.78, 5) is 25.0. The fraction of sp³-hybridized carbons (Fsp3) is 0.517. The lowest BCUT2D eigenvalue weighted by Crippen LogP contribution is -2.12. The van der Waals surface area contributed by atoms with Crippen LogP contribution in [0.5, 0.6) is 5.75 Å². The Hall–Kier alpha value is -2.18. The van der Waals surface area contributed by atoms with Crippen LogP contribution in [0.1, 0.15) is 69.1 Å². The minimum atomic E-state index is -0.255. The fourth-order valence-corrected chi connectivity index (χ4v) is 5.33. The van der Waals surface area contributed by atoms with Crippen molar-refractivity contribution in [1.29, 1.82) is 0 Å². The molecule has 0 bridgehead atoms. The maximum atomic E-state index is 12.3. The van der Waals surface area contributed by atoms with Crippen molar-refractivity contribution in [3.8, 4) is 5.75 Å². The first-order valence-corrected chi connectivity index (χ1v) is 14.2. The van der Waals surface area contributed by atoms with Crippen LogP contribution in [0.15, 0.2) is 41.3 Å². The van der Waals surface area contributed by atoms with Gasteiger partial charge >= 0.3 is 11.9 Å². The van der Waals surface area contributed by atoms with Crippen molar-refractivity contribution >= 4 is 35.3 Å². The highest BCUT2D eigenvalue weighted by Gasteiger charge is 2.15. The van der Waals surface area contributed by atoms with E-state index in [0.29, 0.717) is 38.4 Å². The van der Waals surface area contributed by atoms with Gasteiger partial charge in [0.2, 0.25) is 0 Å². The zero-order valence-electron chi connectivity index (χ0n) is 21.8. The number of thioether (sulfide) groups is 1. The average molecular weight is 535 g/mol. The molecule has 0 spiro atoms. The first-order valence-electron chi connectivity index (χ1n) is 12.9. The van der Waals surface area contributed by atoms with Gasteiger partial charge in [0.15, 0.2) is 0 Å². The molecule has 5 nitrogen and oxygen atoms in total. The summed E-state index contributed by atoms with van der Waals surface area (Å²) in [6.45, 7) is 6.79. The van der Waals surface area contributed by atoms with Crippen LogP contribution >= 0.6 is 23.4 Å². The second-order valence-electron chi connectivity index (χ2n) is 8.61. The van der Waals surface area contributed by atoms with Crippen molar-refractivity contribution < 1.29 is 23.8 Å². The topological polar surface area (TPSA) is 61.8 Å². The average Bonchev–Trinajstić information content (AvgIpc) is 2.82. The van der Waals surface area contributed by atoms with Crippen LogP contribution in [0.4, 0.5) is 0 Å². The number of carbonyl (C=O) groups is 2. The van der Waals surface area contributed by atoms with E-state index >= 15 is 0 Å². The van der Waals surface area contributed by atoms with Crippen molar-refractivity contribution in [2.45, 2.75) is 77.0 Å². The number of esters is 2. The minimum Gasteiger partial charge on any atom is -0.493 e. The third kappa shape index (κ3) is 11.7. The Balaban J connectivity index is 1.84. The molecule has 0 fully saturated rings. The van der Waals surface area contributed by atoms with Gasteiger partial charge < -0.3 is 14.2 Å². The van der Waals surface area contributed by atoms with E-state index in [2.05, 4.69) is 19.1 Å². The van der Waals surface area contributed by atoms with E-state index in [-0.39, 0.29) is 18.4 Å². The molecule has 0 atom stereocenters. The number of unbranched alkanes of at least 4 members (excludes halogenated alkanes) is 3. The van der Waals surface area contributed by atoms with E-state index in [1.807, 2.05) is 43.0 Å². The first kappa shape index (κ1) is 30.0. The molecule has 0 aliphatic heterocycles. The van der Waals surface area contributed by atoms with E-state index in [1.165, 1.54) is 10.5 Å². The molecule has 0 saturated heterocycles. The molecule has 0 heterocycles. The van der Waals surface area contributed by atoms with Gasteiger partial charge in [-0.05, 0) is 87.6 Å². The van der Waals surface area contributed by atoms with Crippen molar-refractivity contribution in [3.63, 3.8) is 0 Å². The van der Waals surface area contributed by atoms with Crippen LogP contribution in [0.2, 0.25) is 5.02 Å². The minimum absolute atomic E-state index is 0.187. The number of rotatable bonds is 17. The van der Waals surface area contributed by atoms with Crippen LogP contribution in [-0.2, 0) is 31.9 Å². The van der Waals surface area contributed by atoms with Crippen LogP contribution in [0.25, 0.3) is 0 Å². The Kier molecular flexibility index (Phi) is 14.4. The molecule has 0 amide bonds. The molecule has 0 unspecified atom stereocenters. The Morgan fingerprint density at radius 1 is 0.917 bits per heavy atom. The Bertz CT molecular complexity index is 942. The zero-order valence-corrected chi connectivity index (χ0v) is 23.3. The normalized spacial score (nSPS) is 10.8. The van der Waals surface area contributed by atoms with Crippen LogP contribution < -0.4 is 4.74 Å². The van der Waals surface area contributed by atoms with Crippen LogP contribution in [0.3, 0.4) is 0 Å². The maximum Gasteiger partial charge on any atom is 0.310 e. The van der Waals surface area contributed by atoms with E-state index in [9.17, 15) is 9.59 Å². The third-order valence-corrected chi connectivity index (χ3v) is 6.85. The second kappa shape index (κ2) is 17.3. The van der Waals surface area contributed by atoms with E-state index in [1.54, 1.807) is 6.92 Å². The molecule has 0 N–H and O–H groups in total. The molecular formula is C29H39ClO5S. The monoisotopic (exact) mass is 534 g/mol. The van der Waals surface area contributed by atoms with Gasteiger partial charge in [0, 0.05) is 21.9 Å². The Labute approximate surface area is 225 Å². The van der Waals surface area contributed by atoms with Gasteiger partial charge in [0.1, 0.15) is 5.75 Å². The Morgan fingerprint density at radius 2 is 1.67 bits per heavy atom. The highest BCUT2D eigenvalue weighted by Crippen LogP contribution is 2.27. The molecule has 2 rings (SSSR count). The number of carbonyl (C=O) groups excluding carboxylic acids is 2. The molecule has 0 aromatic heterocycles. The SMILES string of the molecule is CCOC(=O)CCCOc1cccc(CCCCCCSc2cc(C)cc(Cl)c2)c1CC(=O)OCC. The van der Waals surface area contributed by atoms with Gasteiger partial charge in [-0.1, -0.05) is 36.6 Å². The highest BCUT2D eigenvalue weighted by molar-refractivity contribution is 7.99. The Morgan fingerprint density at radius 3 is 2.42 bits per heavy atom. The van der Waals surface area contributed by atoms with E-state index in [4.69, 9.17) is 25.8 Å². The molecule has 7 heteroatoms. The summed E-state index contributed by atoms with van der Waals surface area (Å²) in [6.07, 6.45) is 6.42. The lowest BCUT2D eigenvalue weighted by molar-refractivity contribution is -0.143. The summed E-state index contributed by atoms with van der Waals surface area (Å²) >= 11 is 8.00. The zero-order chi connectivity index (χ0) is 26.2. The van der Waals surface area contributed by atoms with Crippen molar-refractivity contribution in [1.82, 2.24) is 0 Å². The summed E-state index contributed by atoms with van der Waals surface area (Å²) in [5, 5.41) is 0.793. The molecular weight excluding hydrogens is 496 g/mol. The van der Waals surface area contributed by atoms with Gasteiger partial charge in [-0.15, -0.1) is 11.8 Å². The van der Waals surface area contributed by atoms with Gasteiger partial charge in [-0.25, -0.2) is 0 Å². The molecule has 0 radical (unpaired) electrons. The predicted molar refractivity (Wildman–Crippen MR) is 147 cm³/mol. The number of hydrogen-bond acceptors (Lipinski definition) is 6. The van der Waals surface area contributed by atoms with E-state index < -0.39 is 0 Å². The first-order chi connectivity index (χ1) is 17.4. The van der Waals surface area contributed by atoms with Gasteiger partial charge in [0.05, 0.1) is 26.2 Å². The van der Waals surface area contributed by atoms with Gasteiger partial charge in [-0.2, -0.15) is 0 Å². The lowest BCUT2D eigenvalue weighted by Gasteiger charge is -2.15. The lowest BCUT2D eigenvalue weighted by atomic mass is 9.98. The number of halogens is 1. The maximum absolute atomic E-state index is 12.3. The molecule has 36 heavy (non-hydrogen) atoms. The smallest absolute Gasteiger partial charge is 0.310 e. The molecule has 0 saturated carbocycles. The number of benzene rings is 2. The molecule has 0 aliphatic carbocycles. The fourth-order valence-electron chi connectivity index (χ4n) is 3.92. The highest BCUT2D eigenvalue weighted by atomic mass is 35.5. The quantitative estimate of drug-likeness (QED) is 0.120. The van der Waals surface area contributed by atoms with Gasteiger partial charge in [0.25, 0.3) is 0 Å². The van der Waals surface area contributed by atoms with Crippen molar-refractivity contribution in [2.75, 3.05) is 25.6 Å². The van der Waals surface area contributed by atoms with Crippen LogP contribution in [0, 0.1) is 6.92 Å². The number of hydrogen-bond donors (Lipinski definition) is 0. The van der Waals surface area contributed by atoms with Gasteiger partial charge in [-0.3, -0.25) is 9.59 Å². The predicted octanol–water partition coefficient (Wildman–Crippen LogP) is 7.37. The number of aryl methyl sites for hydroxylation is 2. The summed E-state index contributed by atoms with van der Waals surface area (Å²) in [5.41, 5.74) is 3.20. The molecule has 2 aromatic carbocycles. The van der Waals surface area contributed by atoms with Crippen LogP contribution in [-0.4, -0.2) is 37.5 Å². The summed E-state index contributed by atoms with van der Waals surface area (Å²) in [6, 6.07) is 12.1. The summed E-state index contributed by atoms with van der Waals surface area (Å²) in [7, 11) is 0. The van der Waals surface area contributed by atoms with Crippen molar-refractivity contribution in [3.05, 3.63) is 58.1 Å². The largest absolute Gasteiger partial charge is 0.493 e. The summed E-state index contributed by atoms with van der Waals surface area (Å²) < 4.78 is 16.1. The van der Waals surface area contributed by atoms with Crippen molar-refractivity contribution in [2.24, 2.45) is 0 Å². The second-order valence-corrected chi connectivity index (χ2v) is 10.2. The number of ether oxygens (including phenoxy) is 3. The summed E-state index contributed by atoms with van der Waals surface area (Å²) in [5.74, 6) is 1.29.